The Morgan fingerprint density at radius 1 is 1.21 bits per heavy atom. The molecular formula is C18H26N4O4S2. The Morgan fingerprint density at radius 3 is 2.50 bits per heavy atom. The van der Waals surface area contributed by atoms with Gasteiger partial charge in [0.2, 0.25) is 15.4 Å². The summed E-state index contributed by atoms with van der Waals surface area (Å²) in [5.41, 5.74) is 1.64. The molecule has 0 bridgehead atoms. The third kappa shape index (κ3) is 5.98. The van der Waals surface area contributed by atoms with Crippen LogP contribution < -0.4 is 14.8 Å². The van der Waals surface area contributed by atoms with Gasteiger partial charge in [0.05, 0.1) is 6.04 Å². The number of anilines is 1. The molecule has 8 nitrogen and oxygen atoms in total. The number of nitrogens with one attached hydrogen (secondary N) is 2. The fourth-order valence-electron chi connectivity index (χ4n) is 2.03. The van der Waals surface area contributed by atoms with Gasteiger partial charge < -0.3 is 10.1 Å². The van der Waals surface area contributed by atoms with Crippen LogP contribution in [-0.2, 0) is 14.8 Å². The fraction of sp³-hybridized carbons (Fsp3) is 0.500. The SMILES string of the molecule is Cc1ccc(OCC(C)NS(=O)(=O)c2nnc(NC(=O)C(C)(C)C)s2)cc1C. The number of hydrogen-bond acceptors (Lipinski definition) is 7. The molecule has 0 aliphatic carbocycles. The number of carbonyl (C=O) groups excluding carboxylic acids is 1. The molecule has 0 aliphatic heterocycles. The Bertz CT molecular complexity index is 949. The molecule has 0 saturated carbocycles. The first-order chi connectivity index (χ1) is 12.9. The van der Waals surface area contributed by atoms with E-state index in [-0.39, 0.29) is 22.0 Å². The molecule has 0 fully saturated rings. The van der Waals surface area contributed by atoms with Crippen molar-refractivity contribution in [2.45, 2.75) is 51.9 Å². The van der Waals surface area contributed by atoms with Crippen molar-refractivity contribution in [1.29, 1.82) is 0 Å². The molecule has 1 unspecified atom stereocenters. The lowest BCUT2D eigenvalue weighted by atomic mass is 9.96. The van der Waals surface area contributed by atoms with E-state index in [4.69, 9.17) is 4.74 Å². The molecule has 2 N–H and O–H groups in total. The maximum atomic E-state index is 12.5. The second kappa shape index (κ2) is 8.54. The molecule has 1 atom stereocenters. The second-order valence-corrected chi connectivity index (χ2v) is 10.5. The molecule has 0 spiro atoms. The van der Waals surface area contributed by atoms with Gasteiger partial charge in [-0.15, -0.1) is 10.2 Å². The Kier molecular flexibility index (Phi) is 6.79. The van der Waals surface area contributed by atoms with Gasteiger partial charge in [-0.2, -0.15) is 0 Å². The highest BCUT2D eigenvalue weighted by atomic mass is 32.2. The molecule has 1 aromatic heterocycles. The average molecular weight is 427 g/mol. The maximum Gasteiger partial charge on any atom is 0.270 e. The first kappa shape index (κ1) is 22.3. The summed E-state index contributed by atoms with van der Waals surface area (Å²) in [5.74, 6) is 0.410. The Morgan fingerprint density at radius 2 is 1.89 bits per heavy atom. The van der Waals surface area contributed by atoms with E-state index in [1.54, 1.807) is 27.7 Å². The number of amides is 1. The number of aryl methyl sites for hydroxylation is 2. The van der Waals surface area contributed by atoms with E-state index in [0.29, 0.717) is 5.75 Å². The molecule has 154 valence electrons. The number of ether oxygens (including phenoxy) is 1. The van der Waals surface area contributed by atoms with Crippen molar-refractivity contribution in [3.8, 4) is 5.75 Å². The summed E-state index contributed by atoms with van der Waals surface area (Å²) in [6.45, 7) is 11.1. The van der Waals surface area contributed by atoms with Crippen molar-refractivity contribution < 1.29 is 17.9 Å². The van der Waals surface area contributed by atoms with Gasteiger partial charge in [0.25, 0.3) is 10.0 Å². The van der Waals surface area contributed by atoms with Crippen molar-refractivity contribution in [3.05, 3.63) is 29.3 Å². The van der Waals surface area contributed by atoms with E-state index in [1.807, 2.05) is 32.0 Å². The molecule has 0 radical (unpaired) electrons. The van der Waals surface area contributed by atoms with Crippen LogP contribution >= 0.6 is 11.3 Å². The molecule has 1 amide bonds. The molecule has 28 heavy (non-hydrogen) atoms. The Labute approximate surface area is 169 Å². The van der Waals surface area contributed by atoms with Crippen molar-refractivity contribution in [3.63, 3.8) is 0 Å². The summed E-state index contributed by atoms with van der Waals surface area (Å²) in [4.78, 5) is 12.0. The average Bonchev–Trinajstić information content (AvgIpc) is 3.04. The van der Waals surface area contributed by atoms with Gasteiger partial charge in [-0.05, 0) is 44.0 Å². The normalized spacial score (nSPS) is 13.2. The van der Waals surface area contributed by atoms with Crippen LogP contribution in [0.4, 0.5) is 5.13 Å². The number of rotatable bonds is 7. The third-order valence-corrected chi connectivity index (χ3v) is 6.67. The Hall–Kier alpha value is -2.04. The first-order valence-corrected chi connectivity index (χ1v) is 11.1. The van der Waals surface area contributed by atoms with Crippen LogP contribution in [0.3, 0.4) is 0 Å². The first-order valence-electron chi connectivity index (χ1n) is 8.76. The van der Waals surface area contributed by atoms with Gasteiger partial charge in [-0.25, -0.2) is 13.1 Å². The highest BCUT2D eigenvalue weighted by Crippen LogP contribution is 2.23. The predicted octanol–water partition coefficient (Wildman–Crippen LogP) is 2.89. The van der Waals surface area contributed by atoms with Gasteiger partial charge >= 0.3 is 0 Å². The van der Waals surface area contributed by atoms with E-state index in [2.05, 4.69) is 20.2 Å². The van der Waals surface area contributed by atoms with Gasteiger partial charge in [-0.3, -0.25) is 4.79 Å². The van der Waals surface area contributed by atoms with Crippen molar-refractivity contribution in [2.24, 2.45) is 5.41 Å². The number of sulfonamides is 1. The van der Waals surface area contributed by atoms with E-state index in [0.717, 1.165) is 22.5 Å². The lowest BCUT2D eigenvalue weighted by Crippen LogP contribution is -2.36. The van der Waals surface area contributed by atoms with E-state index < -0.39 is 21.5 Å². The zero-order valence-corrected chi connectivity index (χ0v) is 18.5. The molecule has 2 aromatic rings. The molecule has 2 rings (SSSR count). The minimum Gasteiger partial charge on any atom is -0.492 e. The van der Waals surface area contributed by atoms with E-state index in [1.165, 1.54) is 0 Å². The standard InChI is InChI=1S/C18H26N4O4S2/c1-11-7-8-14(9-12(11)2)26-10-13(3)22-28(24,25)17-21-20-16(27-17)19-15(23)18(4,5)6/h7-9,13,22H,10H2,1-6H3,(H,19,20,23). The van der Waals surface area contributed by atoms with Crippen LogP contribution in [-0.4, -0.2) is 37.2 Å². The highest BCUT2D eigenvalue weighted by molar-refractivity contribution is 7.91. The number of hydrogen-bond donors (Lipinski definition) is 2. The number of nitrogens with zero attached hydrogens (tertiary/aromatic N) is 2. The second-order valence-electron chi connectivity index (χ2n) is 7.66. The summed E-state index contributed by atoms with van der Waals surface area (Å²) >= 11 is 0.799. The molecular weight excluding hydrogens is 400 g/mol. The molecule has 0 aliphatic rings. The van der Waals surface area contributed by atoms with Crippen molar-refractivity contribution >= 4 is 32.4 Å². The smallest absolute Gasteiger partial charge is 0.270 e. The molecule has 1 aromatic carbocycles. The summed E-state index contributed by atoms with van der Waals surface area (Å²) < 4.78 is 32.9. The highest BCUT2D eigenvalue weighted by Gasteiger charge is 2.26. The number of aromatic nitrogens is 2. The summed E-state index contributed by atoms with van der Waals surface area (Å²) in [5, 5.41) is 10.1. The summed E-state index contributed by atoms with van der Waals surface area (Å²) in [6.07, 6.45) is 0. The van der Waals surface area contributed by atoms with Gasteiger partial charge in [0.1, 0.15) is 12.4 Å². The topological polar surface area (TPSA) is 110 Å². The minimum absolute atomic E-state index is 0.138. The monoisotopic (exact) mass is 426 g/mol. The van der Waals surface area contributed by atoms with Crippen molar-refractivity contribution in [2.75, 3.05) is 11.9 Å². The maximum absolute atomic E-state index is 12.5. The van der Waals surface area contributed by atoms with Crippen LogP contribution in [0.5, 0.6) is 5.75 Å². The third-order valence-electron chi connectivity index (χ3n) is 3.87. The van der Waals surface area contributed by atoms with Gasteiger partial charge in [0, 0.05) is 5.41 Å². The van der Waals surface area contributed by atoms with Crippen molar-refractivity contribution in [1.82, 2.24) is 14.9 Å². The van der Waals surface area contributed by atoms with Crippen LogP contribution in [0.1, 0.15) is 38.8 Å². The summed E-state index contributed by atoms with van der Waals surface area (Å²) in [7, 11) is -3.87. The largest absolute Gasteiger partial charge is 0.492 e. The van der Waals surface area contributed by atoms with E-state index in [9.17, 15) is 13.2 Å². The zero-order chi connectivity index (χ0) is 21.1. The lowest BCUT2D eigenvalue weighted by molar-refractivity contribution is -0.123. The zero-order valence-electron chi connectivity index (χ0n) is 16.9. The lowest BCUT2D eigenvalue weighted by Gasteiger charge is -2.15. The fourth-order valence-corrected chi connectivity index (χ4v) is 4.17. The van der Waals surface area contributed by atoms with Crippen LogP contribution in [0.25, 0.3) is 0 Å². The number of carbonyl (C=O) groups is 1. The minimum atomic E-state index is -3.87. The Balaban J connectivity index is 1.97. The number of benzene rings is 1. The quantitative estimate of drug-likeness (QED) is 0.659. The molecule has 1 heterocycles. The van der Waals surface area contributed by atoms with E-state index >= 15 is 0 Å². The molecule has 10 heteroatoms. The van der Waals surface area contributed by atoms with Gasteiger partial charge in [-0.1, -0.05) is 38.2 Å². The van der Waals surface area contributed by atoms with Crippen LogP contribution in [0.15, 0.2) is 22.5 Å². The van der Waals surface area contributed by atoms with Gasteiger partial charge in [0.15, 0.2) is 0 Å². The molecule has 0 saturated heterocycles. The predicted molar refractivity (Wildman–Crippen MR) is 109 cm³/mol. The van der Waals surface area contributed by atoms with Crippen LogP contribution in [0, 0.1) is 19.3 Å². The van der Waals surface area contributed by atoms with Crippen LogP contribution in [0.2, 0.25) is 0 Å². The summed E-state index contributed by atoms with van der Waals surface area (Å²) in [6, 6.07) is 5.22.